The summed E-state index contributed by atoms with van der Waals surface area (Å²) in [5.41, 5.74) is 7.94. The van der Waals surface area contributed by atoms with Gasteiger partial charge in [0.15, 0.2) is 11.5 Å². The van der Waals surface area contributed by atoms with E-state index in [-0.39, 0.29) is 11.3 Å². The first kappa shape index (κ1) is 37.6. The van der Waals surface area contributed by atoms with Gasteiger partial charge in [-0.15, -0.1) is 0 Å². The summed E-state index contributed by atoms with van der Waals surface area (Å²) in [7, 11) is 4.95. The SMILES string of the molecule is COc1cc(NC(=O)c2cnc3ccccc3c2)c(C(=O)Nc2ccc(CCN(Cc3ccc(-n4ccnc4)cc3)Cc3ccc4c(cnn4C)c3)cc2)cc1OC. The fourth-order valence-corrected chi connectivity index (χ4v) is 7.03. The van der Waals surface area contributed by atoms with Crippen LogP contribution in [0.15, 0.2) is 140 Å². The number of hydrogen-bond donors (Lipinski definition) is 2. The maximum absolute atomic E-state index is 13.8. The number of para-hydroxylation sites is 1. The van der Waals surface area contributed by atoms with E-state index in [1.54, 1.807) is 30.7 Å². The lowest BCUT2D eigenvalue weighted by molar-refractivity contribution is 0.102. The summed E-state index contributed by atoms with van der Waals surface area (Å²) in [4.78, 5) is 38.3. The highest BCUT2D eigenvalue weighted by atomic mass is 16.5. The molecule has 0 bridgehead atoms. The molecular formula is C46H42N8O4. The standard InChI is InChI=1S/C46H42N8O4/c1-52-42-17-12-33(22-35(42)27-49-52)29-53(28-32-10-15-38(16-11-32)54-21-19-47-30-54)20-18-31-8-13-37(14-9-31)50-46(56)39-24-43(57-2)44(58-3)25-41(39)51-45(55)36-23-34-6-4-5-7-40(34)48-26-36/h4-17,19,21-27,30H,18,20,28-29H2,1-3H3,(H,50,56)(H,51,55). The molecule has 0 aliphatic heterocycles. The number of aryl methyl sites for hydroxylation is 1. The molecule has 0 unspecified atom stereocenters. The van der Waals surface area contributed by atoms with Crippen molar-refractivity contribution in [1.82, 2.24) is 29.2 Å². The van der Waals surface area contributed by atoms with E-state index in [0.29, 0.717) is 22.7 Å². The third kappa shape index (κ3) is 8.42. The van der Waals surface area contributed by atoms with Gasteiger partial charge < -0.3 is 24.7 Å². The summed E-state index contributed by atoms with van der Waals surface area (Å²) in [6, 6.07) is 35.4. The number of carbonyl (C=O) groups excluding carboxylic acids is 2. The third-order valence-electron chi connectivity index (χ3n) is 10.2. The van der Waals surface area contributed by atoms with Gasteiger partial charge in [-0.3, -0.25) is 24.2 Å². The van der Waals surface area contributed by atoms with Gasteiger partial charge in [-0.1, -0.05) is 48.5 Å². The molecule has 0 aliphatic rings. The van der Waals surface area contributed by atoms with Crippen molar-refractivity contribution in [1.29, 1.82) is 0 Å². The van der Waals surface area contributed by atoms with E-state index in [0.717, 1.165) is 59.1 Å². The molecule has 0 spiro atoms. The lowest BCUT2D eigenvalue weighted by Gasteiger charge is -2.23. The number of aromatic nitrogens is 5. The molecule has 12 nitrogen and oxygen atoms in total. The highest BCUT2D eigenvalue weighted by molar-refractivity contribution is 6.13. The molecule has 0 atom stereocenters. The Labute approximate surface area is 335 Å². The number of methoxy groups -OCH3 is 2. The maximum Gasteiger partial charge on any atom is 0.257 e. The first-order valence-corrected chi connectivity index (χ1v) is 18.9. The molecule has 2 N–H and O–H groups in total. The van der Waals surface area contributed by atoms with Gasteiger partial charge >= 0.3 is 0 Å². The molecular weight excluding hydrogens is 729 g/mol. The van der Waals surface area contributed by atoms with Gasteiger partial charge in [0.25, 0.3) is 11.8 Å². The predicted octanol–water partition coefficient (Wildman–Crippen LogP) is 8.07. The van der Waals surface area contributed by atoms with Gasteiger partial charge in [0.1, 0.15) is 0 Å². The maximum atomic E-state index is 13.8. The lowest BCUT2D eigenvalue weighted by atomic mass is 10.1. The molecule has 0 fully saturated rings. The Morgan fingerprint density at radius 2 is 1.48 bits per heavy atom. The van der Waals surface area contributed by atoms with E-state index in [2.05, 4.69) is 73.1 Å². The Balaban J connectivity index is 0.966. The zero-order chi connectivity index (χ0) is 40.0. The van der Waals surface area contributed by atoms with E-state index in [9.17, 15) is 9.59 Å². The first-order chi connectivity index (χ1) is 28.3. The molecule has 290 valence electrons. The van der Waals surface area contributed by atoms with E-state index < -0.39 is 11.8 Å². The molecule has 0 saturated carbocycles. The molecule has 2 amide bonds. The monoisotopic (exact) mass is 770 g/mol. The normalized spacial score (nSPS) is 11.2. The topological polar surface area (TPSA) is 128 Å². The minimum absolute atomic E-state index is 0.210. The molecule has 5 aromatic carbocycles. The van der Waals surface area contributed by atoms with Crippen molar-refractivity contribution in [3.05, 3.63) is 168 Å². The summed E-state index contributed by atoms with van der Waals surface area (Å²) >= 11 is 0. The number of nitrogens with one attached hydrogen (secondary N) is 2. The molecule has 0 saturated heterocycles. The number of carbonyl (C=O) groups is 2. The van der Waals surface area contributed by atoms with Crippen LogP contribution >= 0.6 is 0 Å². The van der Waals surface area contributed by atoms with Crippen LogP contribution in [0.2, 0.25) is 0 Å². The number of fused-ring (bicyclic) bond motifs is 2. The van der Waals surface area contributed by atoms with Gasteiger partial charge in [-0.2, -0.15) is 5.10 Å². The van der Waals surface area contributed by atoms with Crippen molar-refractivity contribution in [2.24, 2.45) is 7.05 Å². The largest absolute Gasteiger partial charge is 0.493 e. The molecule has 0 aliphatic carbocycles. The summed E-state index contributed by atoms with van der Waals surface area (Å²) < 4.78 is 14.9. The van der Waals surface area contributed by atoms with Crippen molar-refractivity contribution in [2.45, 2.75) is 19.5 Å². The molecule has 3 heterocycles. The molecule has 3 aromatic heterocycles. The molecule has 12 heteroatoms. The number of pyridine rings is 1. The minimum atomic E-state index is -0.420. The van der Waals surface area contributed by atoms with E-state index in [1.807, 2.05) is 77.2 Å². The Kier molecular flexibility index (Phi) is 10.9. The number of hydrogen-bond acceptors (Lipinski definition) is 8. The predicted molar refractivity (Wildman–Crippen MR) is 226 cm³/mol. The number of anilines is 2. The number of nitrogens with zero attached hydrogens (tertiary/aromatic N) is 6. The highest BCUT2D eigenvalue weighted by Crippen LogP contribution is 2.34. The van der Waals surface area contributed by atoms with Gasteiger partial charge in [0, 0.05) is 73.5 Å². The van der Waals surface area contributed by atoms with Crippen LogP contribution in [0.4, 0.5) is 11.4 Å². The second kappa shape index (κ2) is 16.8. The quantitative estimate of drug-likeness (QED) is 0.114. The van der Waals surface area contributed by atoms with Gasteiger partial charge in [0.05, 0.1) is 54.6 Å². The Morgan fingerprint density at radius 1 is 0.741 bits per heavy atom. The van der Waals surface area contributed by atoms with Crippen LogP contribution in [0.3, 0.4) is 0 Å². The molecule has 0 radical (unpaired) electrons. The Bertz CT molecular complexity index is 2710. The third-order valence-corrected chi connectivity index (χ3v) is 10.2. The number of ether oxygens (including phenoxy) is 2. The fourth-order valence-electron chi connectivity index (χ4n) is 7.03. The zero-order valence-electron chi connectivity index (χ0n) is 32.4. The van der Waals surface area contributed by atoms with Gasteiger partial charge in [-0.05, 0) is 77.7 Å². The highest BCUT2D eigenvalue weighted by Gasteiger charge is 2.20. The molecule has 8 aromatic rings. The minimum Gasteiger partial charge on any atom is -0.493 e. The second-order valence-corrected chi connectivity index (χ2v) is 14.0. The summed E-state index contributed by atoms with van der Waals surface area (Å²) in [6.45, 7) is 2.34. The average molecular weight is 771 g/mol. The summed E-state index contributed by atoms with van der Waals surface area (Å²) in [6.07, 6.45) is 9.73. The van der Waals surface area contributed by atoms with Gasteiger partial charge in [0.2, 0.25) is 0 Å². The summed E-state index contributed by atoms with van der Waals surface area (Å²) in [5, 5.41) is 12.2. The summed E-state index contributed by atoms with van der Waals surface area (Å²) in [5.74, 6) is -0.112. The molecule has 8 rings (SSSR count). The number of benzene rings is 5. The smallest absolute Gasteiger partial charge is 0.257 e. The lowest BCUT2D eigenvalue weighted by Crippen LogP contribution is -2.25. The van der Waals surface area contributed by atoms with E-state index in [1.165, 1.54) is 31.5 Å². The van der Waals surface area contributed by atoms with E-state index >= 15 is 0 Å². The Morgan fingerprint density at radius 3 is 2.26 bits per heavy atom. The second-order valence-electron chi connectivity index (χ2n) is 14.0. The van der Waals surface area contributed by atoms with E-state index in [4.69, 9.17) is 9.47 Å². The zero-order valence-corrected chi connectivity index (χ0v) is 32.4. The van der Waals surface area contributed by atoms with Crippen LogP contribution < -0.4 is 20.1 Å². The van der Waals surface area contributed by atoms with Crippen LogP contribution in [-0.2, 0) is 26.6 Å². The average Bonchev–Trinajstić information content (AvgIpc) is 3.93. The van der Waals surface area contributed by atoms with Gasteiger partial charge in [-0.25, -0.2) is 4.98 Å². The fraction of sp³-hybridized carbons (Fsp3) is 0.152. The van der Waals surface area contributed by atoms with Crippen molar-refractivity contribution in [3.63, 3.8) is 0 Å². The van der Waals surface area contributed by atoms with Crippen LogP contribution in [0.1, 0.15) is 37.4 Å². The van der Waals surface area contributed by atoms with Crippen LogP contribution in [0.25, 0.3) is 27.5 Å². The van der Waals surface area contributed by atoms with Crippen molar-refractivity contribution >= 4 is 45.0 Å². The van der Waals surface area contributed by atoms with Crippen molar-refractivity contribution in [2.75, 3.05) is 31.4 Å². The first-order valence-electron chi connectivity index (χ1n) is 18.9. The Hall–Kier alpha value is -7.31. The van der Waals surface area contributed by atoms with Crippen LogP contribution in [0.5, 0.6) is 11.5 Å². The number of amides is 2. The molecule has 58 heavy (non-hydrogen) atoms. The van der Waals surface area contributed by atoms with Crippen LogP contribution in [-0.4, -0.2) is 61.8 Å². The number of rotatable bonds is 14. The van der Waals surface area contributed by atoms with Crippen molar-refractivity contribution in [3.8, 4) is 17.2 Å². The number of imidazole rings is 1. The van der Waals surface area contributed by atoms with Crippen LogP contribution in [0, 0.1) is 0 Å². The van der Waals surface area contributed by atoms with Crippen molar-refractivity contribution < 1.29 is 19.1 Å².